The van der Waals surface area contributed by atoms with Crippen molar-refractivity contribution in [2.45, 2.75) is 39.2 Å². The van der Waals surface area contributed by atoms with E-state index in [-0.39, 0.29) is 18.7 Å². The molecule has 10 heteroatoms. The number of imide groups is 1. The van der Waals surface area contributed by atoms with E-state index in [2.05, 4.69) is 20.8 Å². The number of carbonyl (C=O) groups is 3. The number of nitrogens with one attached hydrogen (secondary N) is 2. The third-order valence-electron chi connectivity index (χ3n) is 3.22. The number of carbonyl (C=O) groups excluding carboxylic acids is 3. The predicted molar refractivity (Wildman–Crippen MR) is 100 cm³/mol. The maximum absolute atomic E-state index is 11.7. The lowest BCUT2D eigenvalue weighted by Gasteiger charge is -2.20. The number of urea groups is 1. The van der Waals surface area contributed by atoms with Crippen LogP contribution in [0.1, 0.15) is 33.1 Å². The molecule has 0 aliphatic heterocycles. The molecule has 1 heterocycles. The molecule has 150 valence electrons. The smallest absolute Gasteiger partial charge is 0.321 e. The van der Waals surface area contributed by atoms with E-state index in [0.717, 1.165) is 5.56 Å². The van der Waals surface area contributed by atoms with Crippen molar-refractivity contribution in [2.75, 3.05) is 6.61 Å². The molecule has 9 nitrogen and oxygen atoms in total. The number of ether oxygens (including phenoxy) is 1. The maximum atomic E-state index is 11.7. The van der Waals surface area contributed by atoms with Gasteiger partial charge in [-0.05, 0) is 45.0 Å². The van der Waals surface area contributed by atoms with Gasteiger partial charge in [-0.1, -0.05) is 16.8 Å². The molecule has 3 amide bonds. The van der Waals surface area contributed by atoms with Crippen molar-refractivity contribution in [2.24, 2.45) is 0 Å². The van der Waals surface area contributed by atoms with Crippen molar-refractivity contribution >= 4 is 29.5 Å². The van der Waals surface area contributed by atoms with Crippen molar-refractivity contribution in [3.63, 3.8) is 0 Å². The Hall–Kier alpha value is -2.94. The van der Waals surface area contributed by atoms with Gasteiger partial charge >= 0.3 is 12.0 Å². The number of amides is 3. The predicted octanol–water partition coefficient (Wildman–Crippen LogP) is 2.49. The Kier molecular flexibility index (Phi) is 7.11. The normalized spacial score (nSPS) is 11.0. The second-order valence-electron chi connectivity index (χ2n) is 6.93. The van der Waals surface area contributed by atoms with Crippen LogP contribution < -0.4 is 10.6 Å². The van der Waals surface area contributed by atoms with E-state index in [9.17, 15) is 14.4 Å². The average molecular weight is 409 g/mol. The minimum atomic E-state index is -0.724. The molecule has 1 aromatic carbocycles. The summed E-state index contributed by atoms with van der Waals surface area (Å²) in [6.45, 7) is 4.75. The lowest BCUT2D eigenvalue weighted by molar-refractivity contribution is -0.148. The molecule has 0 unspecified atom stereocenters. The topological polar surface area (TPSA) is 123 Å². The van der Waals surface area contributed by atoms with Gasteiger partial charge in [-0.2, -0.15) is 4.98 Å². The monoisotopic (exact) mass is 408 g/mol. The van der Waals surface area contributed by atoms with Crippen LogP contribution in [-0.4, -0.2) is 40.2 Å². The fraction of sp³-hybridized carbons (Fsp3) is 0.389. The summed E-state index contributed by atoms with van der Waals surface area (Å²) in [7, 11) is 0. The summed E-state index contributed by atoms with van der Waals surface area (Å²) >= 11 is 5.83. The summed E-state index contributed by atoms with van der Waals surface area (Å²) in [6.07, 6.45) is 0.106. The largest absolute Gasteiger partial charge is 0.456 e. The molecular weight excluding hydrogens is 388 g/mol. The third kappa shape index (κ3) is 7.36. The van der Waals surface area contributed by atoms with E-state index in [1.807, 2.05) is 0 Å². The summed E-state index contributed by atoms with van der Waals surface area (Å²) in [4.78, 5) is 39.1. The third-order valence-corrected chi connectivity index (χ3v) is 3.47. The first-order valence-electron chi connectivity index (χ1n) is 8.48. The molecule has 28 heavy (non-hydrogen) atoms. The summed E-state index contributed by atoms with van der Waals surface area (Å²) in [5.74, 6) is -0.712. The van der Waals surface area contributed by atoms with E-state index < -0.39 is 30.1 Å². The number of halogens is 1. The van der Waals surface area contributed by atoms with Crippen LogP contribution in [0.5, 0.6) is 0 Å². The first-order valence-corrected chi connectivity index (χ1v) is 8.86. The average Bonchev–Trinajstić information content (AvgIpc) is 3.06. The van der Waals surface area contributed by atoms with E-state index in [0.29, 0.717) is 10.8 Å². The van der Waals surface area contributed by atoms with Crippen molar-refractivity contribution in [1.29, 1.82) is 0 Å². The van der Waals surface area contributed by atoms with Gasteiger partial charge in [-0.25, -0.2) is 4.79 Å². The molecule has 0 atom stereocenters. The lowest BCUT2D eigenvalue weighted by atomic mass is 10.1. The Morgan fingerprint density at radius 1 is 1.18 bits per heavy atom. The number of aromatic nitrogens is 2. The first-order chi connectivity index (χ1) is 13.1. The number of hydrogen-bond acceptors (Lipinski definition) is 7. The van der Waals surface area contributed by atoms with Crippen LogP contribution in [0.3, 0.4) is 0 Å². The Labute approximate surface area is 166 Å². The van der Waals surface area contributed by atoms with Crippen molar-refractivity contribution in [3.05, 3.63) is 35.2 Å². The molecule has 0 radical (unpaired) electrons. The minimum absolute atomic E-state index is 0.0519. The van der Waals surface area contributed by atoms with E-state index in [4.69, 9.17) is 20.9 Å². The summed E-state index contributed by atoms with van der Waals surface area (Å²) < 4.78 is 9.92. The molecule has 1 aromatic heterocycles. The molecular formula is C18H21ClN4O5. The quantitative estimate of drug-likeness (QED) is 0.703. The Bertz CT molecular complexity index is 842. The maximum Gasteiger partial charge on any atom is 0.321 e. The summed E-state index contributed by atoms with van der Waals surface area (Å²) in [6, 6.07) is 6.25. The van der Waals surface area contributed by atoms with Crippen molar-refractivity contribution in [3.8, 4) is 11.4 Å². The number of hydrogen-bond donors (Lipinski definition) is 2. The molecule has 0 saturated heterocycles. The Balaban J connectivity index is 1.73. The molecule has 2 rings (SSSR count). The molecule has 0 fully saturated rings. The van der Waals surface area contributed by atoms with E-state index >= 15 is 0 Å². The highest BCUT2D eigenvalue weighted by Crippen LogP contribution is 2.19. The van der Waals surface area contributed by atoms with Gasteiger partial charge in [0.25, 0.3) is 5.91 Å². The highest BCUT2D eigenvalue weighted by atomic mass is 35.5. The fourth-order valence-electron chi connectivity index (χ4n) is 2.03. The van der Waals surface area contributed by atoms with Crippen LogP contribution in [0.25, 0.3) is 11.4 Å². The van der Waals surface area contributed by atoms with Gasteiger partial charge in [0.2, 0.25) is 11.7 Å². The van der Waals surface area contributed by atoms with Gasteiger partial charge in [0.15, 0.2) is 6.61 Å². The molecule has 0 spiro atoms. The molecule has 0 saturated carbocycles. The number of nitrogens with zero attached hydrogens (tertiary/aromatic N) is 2. The van der Waals surface area contributed by atoms with Crippen LogP contribution in [0.15, 0.2) is 28.8 Å². The number of rotatable bonds is 6. The van der Waals surface area contributed by atoms with Crippen LogP contribution in [-0.2, 0) is 20.7 Å². The van der Waals surface area contributed by atoms with Crippen molar-refractivity contribution in [1.82, 2.24) is 20.8 Å². The van der Waals surface area contributed by atoms with Crippen LogP contribution in [0.2, 0.25) is 5.02 Å². The van der Waals surface area contributed by atoms with Gasteiger partial charge in [0.05, 0.1) is 6.42 Å². The number of aryl methyl sites for hydroxylation is 1. The molecule has 0 aliphatic rings. The Morgan fingerprint density at radius 2 is 1.86 bits per heavy atom. The van der Waals surface area contributed by atoms with Crippen LogP contribution in [0.4, 0.5) is 4.79 Å². The van der Waals surface area contributed by atoms with Gasteiger partial charge < -0.3 is 14.6 Å². The SMILES string of the molecule is CC(C)(C)NC(=O)NC(=O)COC(=O)CCc1nc(-c2ccc(Cl)cc2)no1. The lowest BCUT2D eigenvalue weighted by Crippen LogP contribution is -2.49. The number of benzene rings is 1. The highest BCUT2D eigenvalue weighted by Gasteiger charge is 2.17. The molecule has 0 aliphatic carbocycles. The van der Waals surface area contributed by atoms with Crippen molar-refractivity contribution < 1.29 is 23.6 Å². The zero-order valence-corrected chi connectivity index (χ0v) is 16.5. The summed E-state index contributed by atoms with van der Waals surface area (Å²) in [5, 5.41) is 9.06. The fourth-order valence-corrected chi connectivity index (χ4v) is 2.16. The second kappa shape index (κ2) is 9.32. The molecule has 0 bridgehead atoms. The van der Waals surface area contributed by atoms with Crippen LogP contribution >= 0.6 is 11.6 Å². The van der Waals surface area contributed by atoms with E-state index in [1.165, 1.54) is 0 Å². The van der Waals surface area contributed by atoms with E-state index in [1.54, 1.807) is 45.0 Å². The van der Waals surface area contributed by atoms with Crippen LogP contribution in [0, 0.1) is 0 Å². The standard InChI is InChI=1S/C18H21ClN4O5/c1-18(2,3)22-17(26)20-13(24)10-27-15(25)9-8-14-21-16(23-28-14)11-4-6-12(19)7-5-11/h4-7H,8-10H2,1-3H3,(H2,20,22,24,26). The number of esters is 1. The Morgan fingerprint density at radius 3 is 2.50 bits per heavy atom. The minimum Gasteiger partial charge on any atom is -0.456 e. The van der Waals surface area contributed by atoms with Gasteiger partial charge in [-0.3, -0.25) is 14.9 Å². The highest BCUT2D eigenvalue weighted by molar-refractivity contribution is 6.30. The van der Waals surface area contributed by atoms with Gasteiger partial charge in [0, 0.05) is 22.5 Å². The first kappa shape index (κ1) is 21.4. The zero-order valence-electron chi connectivity index (χ0n) is 15.7. The summed E-state index contributed by atoms with van der Waals surface area (Å²) in [5.41, 5.74) is 0.239. The second-order valence-corrected chi connectivity index (χ2v) is 7.37. The van der Waals surface area contributed by atoms with Gasteiger partial charge in [-0.15, -0.1) is 0 Å². The molecule has 2 N–H and O–H groups in total. The zero-order chi connectivity index (χ0) is 20.7. The van der Waals surface area contributed by atoms with Gasteiger partial charge in [0.1, 0.15) is 0 Å². The molecule has 2 aromatic rings.